The van der Waals surface area contributed by atoms with Crippen molar-refractivity contribution in [2.75, 3.05) is 42.6 Å². The standard InChI is InChI=1S/C15H20N2O6S/c1-11(24(19,20)21)14-10-17(15(18)23-14)13-4-2-3-12(9-13)16-5-7-22-8-6-16/h2-4,9,11,14H,5-8,10H2,1H3,(H,19,20,21)/t11?,14-/m1/s1. The lowest BCUT2D eigenvalue weighted by Crippen LogP contribution is -2.36. The maximum absolute atomic E-state index is 12.1. The highest BCUT2D eigenvalue weighted by molar-refractivity contribution is 7.86. The summed E-state index contributed by atoms with van der Waals surface area (Å²) in [6, 6.07) is 7.43. The number of rotatable bonds is 4. The van der Waals surface area contributed by atoms with Gasteiger partial charge in [-0.2, -0.15) is 8.42 Å². The molecular weight excluding hydrogens is 336 g/mol. The molecule has 3 rings (SSSR count). The molecule has 0 radical (unpaired) electrons. The van der Waals surface area contributed by atoms with E-state index in [1.165, 1.54) is 11.8 Å². The number of ether oxygens (including phenoxy) is 2. The van der Waals surface area contributed by atoms with E-state index in [1.54, 1.807) is 6.07 Å². The highest BCUT2D eigenvalue weighted by Gasteiger charge is 2.40. The van der Waals surface area contributed by atoms with Gasteiger partial charge in [0.2, 0.25) is 0 Å². The largest absolute Gasteiger partial charge is 0.442 e. The third-order valence-electron chi connectivity index (χ3n) is 4.35. The first-order chi connectivity index (χ1) is 11.4. The number of hydrogen-bond donors (Lipinski definition) is 1. The molecule has 9 heteroatoms. The summed E-state index contributed by atoms with van der Waals surface area (Å²) in [6.07, 6.45) is -1.52. The molecule has 1 aromatic carbocycles. The second-order valence-corrected chi connectivity index (χ2v) is 7.65. The molecule has 132 valence electrons. The summed E-state index contributed by atoms with van der Waals surface area (Å²) < 4.78 is 42.1. The van der Waals surface area contributed by atoms with E-state index in [4.69, 9.17) is 14.0 Å². The molecule has 1 amide bonds. The maximum Gasteiger partial charge on any atom is 0.414 e. The van der Waals surface area contributed by atoms with E-state index in [-0.39, 0.29) is 6.54 Å². The van der Waals surface area contributed by atoms with Gasteiger partial charge in [-0.1, -0.05) is 6.07 Å². The molecule has 1 aromatic rings. The van der Waals surface area contributed by atoms with Crippen LogP contribution in [0.1, 0.15) is 6.92 Å². The molecular formula is C15H20N2O6S. The molecule has 0 spiro atoms. The van der Waals surface area contributed by atoms with Gasteiger partial charge in [0.05, 0.1) is 19.8 Å². The SMILES string of the molecule is CC([C@H]1CN(c2cccc(N3CCOCC3)c2)C(=O)O1)S(=O)(=O)O. The molecule has 0 bridgehead atoms. The Kier molecular flexibility index (Phi) is 4.66. The van der Waals surface area contributed by atoms with Gasteiger partial charge >= 0.3 is 6.09 Å². The Morgan fingerprint density at radius 1 is 1.25 bits per heavy atom. The minimum absolute atomic E-state index is 0.0757. The Bertz CT molecular complexity index is 716. The average Bonchev–Trinajstić information content (AvgIpc) is 2.96. The molecule has 2 aliphatic heterocycles. The van der Waals surface area contributed by atoms with Crippen LogP contribution in [0.2, 0.25) is 0 Å². The van der Waals surface area contributed by atoms with Crippen LogP contribution >= 0.6 is 0 Å². The van der Waals surface area contributed by atoms with Crippen LogP contribution in [0.25, 0.3) is 0 Å². The topological polar surface area (TPSA) is 96.4 Å². The van der Waals surface area contributed by atoms with Crippen molar-refractivity contribution in [2.45, 2.75) is 18.3 Å². The van der Waals surface area contributed by atoms with Crippen molar-refractivity contribution in [2.24, 2.45) is 0 Å². The molecule has 8 nitrogen and oxygen atoms in total. The van der Waals surface area contributed by atoms with Gasteiger partial charge in [0.25, 0.3) is 10.1 Å². The number of morpholine rings is 1. The third-order valence-corrected chi connectivity index (χ3v) is 5.59. The second kappa shape index (κ2) is 6.58. The monoisotopic (exact) mass is 356 g/mol. The Morgan fingerprint density at radius 3 is 2.58 bits per heavy atom. The van der Waals surface area contributed by atoms with Gasteiger partial charge in [-0.15, -0.1) is 0 Å². The molecule has 0 aromatic heterocycles. The number of carbonyl (C=O) groups is 1. The molecule has 24 heavy (non-hydrogen) atoms. The fourth-order valence-corrected chi connectivity index (χ4v) is 3.34. The second-order valence-electron chi connectivity index (χ2n) is 5.87. The zero-order valence-electron chi connectivity index (χ0n) is 13.3. The summed E-state index contributed by atoms with van der Waals surface area (Å²) in [5.41, 5.74) is 1.60. The summed E-state index contributed by atoms with van der Waals surface area (Å²) >= 11 is 0. The Labute approximate surface area is 140 Å². The molecule has 0 aliphatic carbocycles. The third kappa shape index (κ3) is 3.47. The zero-order chi connectivity index (χ0) is 17.3. The maximum atomic E-state index is 12.1. The lowest BCUT2D eigenvalue weighted by Gasteiger charge is -2.29. The van der Waals surface area contributed by atoms with Gasteiger partial charge in [-0.25, -0.2) is 4.79 Å². The molecule has 2 atom stereocenters. The highest BCUT2D eigenvalue weighted by atomic mass is 32.2. The molecule has 2 saturated heterocycles. The van der Waals surface area contributed by atoms with E-state index in [1.807, 2.05) is 18.2 Å². The normalized spacial score (nSPS) is 23.2. The quantitative estimate of drug-likeness (QED) is 0.808. The van der Waals surface area contributed by atoms with E-state index in [9.17, 15) is 13.2 Å². The number of amides is 1. The van der Waals surface area contributed by atoms with Crippen LogP contribution in [0.3, 0.4) is 0 Å². The summed E-state index contributed by atoms with van der Waals surface area (Å²) in [5.74, 6) is 0. The van der Waals surface area contributed by atoms with Crippen LogP contribution in [-0.4, -0.2) is 63.3 Å². The molecule has 1 N–H and O–H groups in total. The number of anilines is 2. The number of hydrogen-bond acceptors (Lipinski definition) is 6. The van der Waals surface area contributed by atoms with Crippen LogP contribution in [0.15, 0.2) is 24.3 Å². The molecule has 2 aliphatic rings. The molecule has 0 saturated carbocycles. The minimum atomic E-state index is -4.27. The summed E-state index contributed by atoms with van der Waals surface area (Å²) in [7, 11) is -4.27. The van der Waals surface area contributed by atoms with Crippen molar-refractivity contribution in [3.63, 3.8) is 0 Å². The average molecular weight is 356 g/mol. The molecule has 2 fully saturated rings. The van der Waals surface area contributed by atoms with Gasteiger partial charge in [0.1, 0.15) is 11.4 Å². The summed E-state index contributed by atoms with van der Waals surface area (Å²) in [5, 5.41) is -1.17. The van der Waals surface area contributed by atoms with Crippen LogP contribution in [-0.2, 0) is 19.6 Å². The van der Waals surface area contributed by atoms with Gasteiger partial charge in [-0.3, -0.25) is 9.45 Å². The Morgan fingerprint density at radius 2 is 1.92 bits per heavy atom. The first-order valence-corrected chi connectivity index (χ1v) is 9.24. The van der Waals surface area contributed by atoms with Gasteiger partial charge in [0.15, 0.2) is 0 Å². The van der Waals surface area contributed by atoms with Gasteiger partial charge in [0, 0.05) is 24.5 Å². The number of carbonyl (C=O) groups excluding carboxylic acids is 1. The lowest BCUT2D eigenvalue weighted by molar-refractivity contribution is 0.122. The number of cyclic esters (lactones) is 1. The van der Waals surface area contributed by atoms with E-state index in [0.29, 0.717) is 18.9 Å². The lowest BCUT2D eigenvalue weighted by atomic mass is 10.2. The number of nitrogens with zero attached hydrogens (tertiary/aromatic N) is 2. The predicted molar refractivity (Wildman–Crippen MR) is 88.1 cm³/mol. The van der Waals surface area contributed by atoms with E-state index >= 15 is 0 Å². The fourth-order valence-electron chi connectivity index (χ4n) is 2.81. The first-order valence-electron chi connectivity index (χ1n) is 7.73. The van der Waals surface area contributed by atoms with Gasteiger partial charge < -0.3 is 14.4 Å². The van der Waals surface area contributed by atoms with Crippen molar-refractivity contribution in [1.29, 1.82) is 0 Å². The zero-order valence-corrected chi connectivity index (χ0v) is 14.1. The first kappa shape index (κ1) is 17.0. The van der Waals surface area contributed by atoms with Crippen LogP contribution in [0.4, 0.5) is 16.2 Å². The van der Waals surface area contributed by atoms with E-state index in [2.05, 4.69) is 4.90 Å². The van der Waals surface area contributed by atoms with Crippen LogP contribution < -0.4 is 9.80 Å². The van der Waals surface area contributed by atoms with Crippen molar-refractivity contribution < 1.29 is 27.2 Å². The molecule has 2 heterocycles. The van der Waals surface area contributed by atoms with Crippen molar-refractivity contribution in [1.82, 2.24) is 0 Å². The Balaban J connectivity index is 1.78. The smallest absolute Gasteiger partial charge is 0.414 e. The van der Waals surface area contributed by atoms with Crippen LogP contribution in [0, 0.1) is 0 Å². The van der Waals surface area contributed by atoms with Crippen molar-refractivity contribution in [3.05, 3.63) is 24.3 Å². The Hall–Kier alpha value is -1.84. The van der Waals surface area contributed by atoms with Gasteiger partial charge in [-0.05, 0) is 25.1 Å². The molecule has 1 unspecified atom stereocenters. The van der Waals surface area contributed by atoms with Crippen LogP contribution in [0.5, 0.6) is 0 Å². The van der Waals surface area contributed by atoms with E-state index in [0.717, 1.165) is 18.8 Å². The van der Waals surface area contributed by atoms with E-state index < -0.39 is 27.6 Å². The predicted octanol–water partition coefficient (Wildman–Crippen LogP) is 1.12. The summed E-state index contributed by atoms with van der Waals surface area (Å²) in [4.78, 5) is 15.6. The van der Waals surface area contributed by atoms with Crippen molar-refractivity contribution >= 4 is 27.6 Å². The summed E-state index contributed by atoms with van der Waals surface area (Å²) in [6.45, 7) is 4.26. The minimum Gasteiger partial charge on any atom is -0.442 e. The van der Waals surface area contributed by atoms with Crippen molar-refractivity contribution in [3.8, 4) is 0 Å². The fraction of sp³-hybridized carbons (Fsp3) is 0.533. The number of benzene rings is 1. The highest BCUT2D eigenvalue weighted by Crippen LogP contribution is 2.28.